The molecule has 0 radical (unpaired) electrons. The third kappa shape index (κ3) is 6.56. The van der Waals surface area contributed by atoms with Gasteiger partial charge in [-0.15, -0.1) is 11.8 Å². The van der Waals surface area contributed by atoms with E-state index in [-0.39, 0.29) is 0 Å². The summed E-state index contributed by atoms with van der Waals surface area (Å²) in [5, 5.41) is 9.61. The van der Waals surface area contributed by atoms with Crippen molar-refractivity contribution in [3.8, 4) is 5.75 Å². The van der Waals surface area contributed by atoms with Crippen LogP contribution in [0.15, 0.2) is 17.0 Å². The number of ether oxygens (including phenoxy) is 1. The first-order chi connectivity index (χ1) is 8.81. The van der Waals surface area contributed by atoms with Crippen molar-refractivity contribution in [3.63, 3.8) is 0 Å². The highest BCUT2D eigenvalue weighted by Gasteiger charge is 2.07. The zero-order chi connectivity index (χ0) is 15.0. The summed E-state index contributed by atoms with van der Waals surface area (Å²) in [5.74, 6) is 0.585. The number of benzene rings is 1. The summed E-state index contributed by atoms with van der Waals surface area (Å²) < 4.78 is 5.07. The number of rotatable bonds is 2. The zero-order valence-corrected chi connectivity index (χ0v) is 12.1. The first-order valence-corrected chi connectivity index (χ1v) is 6.57. The molecule has 0 aliphatic carbocycles. The molecule has 2 amide bonds. The van der Waals surface area contributed by atoms with Crippen LogP contribution < -0.4 is 15.8 Å². The molecular weight excluding hydrogens is 268 g/mol. The quantitative estimate of drug-likeness (QED) is 0.724. The number of hydrogen-bond donors (Lipinski definition) is 3. The minimum absolute atomic E-state index is 0.439. The topological polar surface area (TPSA) is 102 Å². The van der Waals surface area contributed by atoms with Crippen LogP contribution in [0.2, 0.25) is 0 Å². The SMILES string of the molecule is CNC(=O)Oc1cc(C)c(SC)c(C)c1.NC(=O)O. The van der Waals surface area contributed by atoms with Crippen LogP contribution >= 0.6 is 11.8 Å². The van der Waals surface area contributed by atoms with E-state index in [0.717, 1.165) is 11.1 Å². The van der Waals surface area contributed by atoms with Crippen LogP contribution in [-0.4, -0.2) is 30.6 Å². The van der Waals surface area contributed by atoms with E-state index in [1.807, 2.05) is 32.2 Å². The molecule has 7 heteroatoms. The number of thioether (sulfide) groups is 1. The lowest BCUT2D eigenvalue weighted by molar-refractivity contribution is 0.202. The van der Waals surface area contributed by atoms with E-state index in [0.29, 0.717) is 5.75 Å². The van der Waals surface area contributed by atoms with Crippen molar-refractivity contribution >= 4 is 23.9 Å². The second-order valence-electron chi connectivity index (χ2n) is 3.57. The fourth-order valence-corrected chi connectivity index (χ4v) is 2.21. The summed E-state index contributed by atoms with van der Waals surface area (Å²) >= 11 is 1.70. The van der Waals surface area contributed by atoms with Crippen LogP contribution in [0.4, 0.5) is 9.59 Å². The number of carbonyl (C=O) groups excluding carboxylic acids is 1. The van der Waals surface area contributed by atoms with Gasteiger partial charge in [0.15, 0.2) is 0 Å². The Hall–Kier alpha value is -1.89. The molecular formula is C12H18N2O4S. The Kier molecular flexibility index (Phi) is 7.43. The number of carbonyl (C=O) groups is 2. The van der Waals surface area contributed by atoms with Gasteiger partial charge < -0.3 is 20.9 Å². The Labute approximate surface area is 116 Å². The molecule has 4 N–H and O–H groups in total. The molecule has 0 atom stereocenters. The van der Waals surface area contributed by atoms with Crippen LogP contribution in [0.5, 0.6) is 5.75 Å². The lowest BCUT2D eigenvalue weighted by Crippen LogP contribution is -2.22. The summed E-state index contributed by atoms with van der Waals surface area (Å²) in [6.45, 7) is 4.02. The highest BCUT2D eigenvalue weighted by molar-refractivity contribution is 7.98. The Morgan fingerprint density at radius 3 is 2.05 bits per heavy atom. The minimum atomic E-state index is -1.33. The van der Waals surface area contributed by atoms with Crippen molar-refractivity contribution in [3.05, 3.63) is 23.3 Å². The Morgan fingerprint density at radius 1 is 1.32 bits per heavy atom. The van der Waals surface area contributed by atoms with Crippen LogP contribution in [0, 0.1) is 13.8 Å². The molecule has 0 aliphatic heterocycles. The van der Waals surface area contributed by atoms with Crippen molar-refractivity contribution < 1.29 is 19.4 Å². The van der Waals surface area contributed by atoms with E-state index in [9.17, 15) is 4.79 Å². The average molecular weight is 286 g/mol. The number of nitrogens with two attached hydrogens (primary N) is 1. The van der Waals surface area contributed by atoms with E-state index in [2.05, 4.69) is 11.1 Å². The van der Waals surface area contributed by atoms with Gasteiger partial charge >= 0.3 is 12.2 Å². The van der Waals surface area contributed by atoms with Crippen LogP contribution in [0.3, 0.4) is 0 Å². The van der Waals surface area contributed by atoms with Crippen molar-refractivity contribution in [1.82, 2.24) is 5.32 Å². The lowest BCUT2D eigenvalue weighted by Gasteiger charge is -2.10. The molecule has 0 saturated heterocycles. The second kappa shape index (κ2) is 8.25. The Bertz CT molecular complexity index is 436. The molecule has 0 fully saturated rings. The van der Waals surface area contributed by atoms with E-state index in [4.69, 9.17) is 14.6 Å². The fourth-order valence-electron chi connectivity index (χ4n) is 1.45. The maximum atomic E-state index is 11.0. The molecule has 0 spiro atoms. The number of primary amides is 1. The summed E-state index contributed by atoms with van der Waals surface area (Å²) in [4.78, 5) is 21.0. The normalized spacial score (nSPS) is 9.05. The van der Waals surface area contributed by atoms with Crippen molar-refractivity contribution in [1.29, 1.82) is 0 Å². The van der Waals surface area contributed by atoms with E-state index in [1.54, 1.807) is 11.8 Å². The Balaban J connectivity index is 0.000000711. The van der Waals surface area contributed by atoms with Gasteiger partial charge in [0.05, 0.1) is 0 Å². The van der Waals surface area contributed by atoms with Gasteiger partial charge in [-0.2, -0.15) is 0 Å². The molecule has 0 unspecified atom stereocenters. The summed E-state index contributed by atoms with van der Waals surface area (Å²) in [5.41, 5.74) is 6.28. The number of amides is 2. The van der Waals surface area contributed by atoms with Gasteiger partial charge in [0, 0.05) is 11.9 Å². The molecule has 1 aromatic carbocycles. The van der Waals surface area contributed by atoms with Crippen molar-refractivity contribution in [2.24, 2.45) is 5.73 Å². The van der Waals surface area contributed by atoms with Gasteiger partial charge in [-0.05, 0) is 43.4 Å². The smallest absolute Gasteiger partial charge is 0.412 e. The summed E-state index contributed by atoms with van der Waals surface area (Å²) in [6, 6.07) is 3.74. The maximum absolute atomic E-state index is 11.0. The number of aryl methyl sites for hydroxylation is 2. The van der Waals surface area contributed by atoms with Crippen LogP contribution in [0.1, 0.15) is 11.1 Å². The van der Waals surface area contributed by atoms with E-state index >= 15 is 0 Å². The highest BCUT2D eigenvalue weighted by atomic mass is 32.2. The molecule has 1 aromatic rings. The monoisotopic (exact) mass is 286 g/mol. The van der Waals surface area contributed by atoms with Crippen LogP contribution in [-0.2, 0) is 0 Å². The predicted molar refractivity (Wildman–Crippen MR) is 75.0 cm³/mol. The largest absolute Gasteiger partial charge is 0.465 e. The zero-order valence-electron chi connectivity index (χ0n) is 11.3. The van der Waals surface area contributed by atoms with Crippen molar-refractivity contribution in [2.45, 2.75) is 18.7 Å². The molecule has 0 aromatic heterocycles. The van der Waals surface area contributed by atoms with E-state index in [1.165, 1.54) is 11.9 Å². The first-order valence-electron chi connectivity index (χ1n) is 5.35. The highest BCUT2D eigenvalue weighted by Crippen LogP contribution is 2.28. The number of hydrogen-bond acceptors (Lipinski definition) is 4. The van der Waals surface area contributed by atoms with E-state index < -0.39 is 12.2 Å². The van der Waals surface area contributed by atoms with Gasteiger partial charge in [0.1, 0.15) is 5.75 Å². The lowest BCUT2D eigenvalue weighted by atomic mass is 10.1. The molecule has 1 rings (SSSR count). The van der Waals surface area contributed by atoms with Gasteiger partial charge in [0.25, 0.3) is 0 Å². The number of nitrogens with one attached hydrogen (secondary N) is 1. The third-order valence-corrected chi connectivity index (χ3v) is 3.10. The first kappa shape index (κ1) is 17.1. The predicted octanol–water partition coefficient (Wildman–Crippen LogP) is 2.37. The molecule has 0 bridgehead atoms. The summed E-state index contributed by atoms with van der Waals surface area (Å²) in [6.07, 6.45) is 0.264. The number of carboxylic acid groups (broad SMARTS) is 1. The fraction of sp³-hybridized carbons (Fsp3) is 0.333. The minimum Gasteiger partial charge on any atom is -0.465 e. The standard InChI is InChI=1S/C11H15NO2S.CH3NO2/c1-7-5-9(14-11(13)12-3)6-8(2)10(7)15-4;2-1(3)4/h5-6H,1-4H3,(H,12,13);2H2,(H,3,4). The molecule has 0 heterocycles. The van der Waals surface area contributed by atoms with Gasteiger partial charge in [0.2, 0.25) is 0 Å². The van der Waals surface area contributed by atoms with Crippen molar-refractivity contribution in [2.75, 3.05) is 13.3 Å². The molecule has 106 valence electrons. The molecule has 0 saturated carbocycles. The average Bonchev–Trinajstić information content (AvgIpc) is 2.27. The summed E-state index contributed by atoms with van der Waals surface area (Å²) in [7, 11) is 1.54. The van der Waals surface area contributed by atoms with Gasteiger partial charge in [-0.3, -0.25) is 0 Å². The molecule has 6 nitrogen and oxygen atoms in total. The third-order valence-electron chi connectivity index (χ3n) is 2.05. The maximum Gasteiger partial charge on any atom is 0.412 e. The molecule has 0 aliphatic rings. The van der Waals surface area contributed by atoms with Gasteiger partial charge in [-0.1, -0.05) is 0 Å². The Morgan fingerprint density at radius 2 is 1.74 bits per heavy atom. The second-order valence-corrected chi connectivity index (χ2v) is 4.38. The van der Waals surface area contributed by atoms with Gasteiger partial charge in [-0.25, -0.2) is 9.59 Å². The van der Waals surface area contributed by atoms with Crippen LogP contribution in [0.25, 0.3) is 0 Å². The molecule has 19 heavy (non-hydrogen) atoms.